The van der Waals surface area contributed by atoms with Crippen LogP contribution in [0.3, 0.4) is 0 Å². The number of Topliss-reactive ketones (excluding diaryl/α,β-unsaturated/α-hetero) is 1. The SMILES string of the molecule is CC1OC(C)C(C(=O)c2c[nH]c3cc(Cl)ccc23)C1C. The highest BCUT2D eigenvalue weighted by atomic mass is 35.5. The topological polar surface area (TPSA) is 42.1 Å². The number of rotatable bonds is 2. The minimum absolute atomic E-state index is 0.0373. The molecule has 0 aliphatic carbocycles. The average Bonchev–Trinajstić information content (AvgIpc) is 2.91. The van der Waals surface area contributed by atoms with Crippen molar-refractivity contribution in [1.29, 1.82) is 0 Å². The fraction of sp³-hybridized carbons (Fsp3) is 0.438. The zero-order valence-corrected chi connectivity index (χ0v) is 12.6. The average molecular weight is 292 g/mol. The minimum Gasteiger partial charge on any atom is -0.374 e. The van der Waals surface area contributed by atoms with Crippen molar-refractivity contribution in [3.8, 4) is 0 Å². The van der Waals surface area contributed by atoms with Gasteiger partial charge in [-0.15, -0.1) is 0 Å². The number of ketones is 1. The molecule has 4 heteroatoms. The van der Waals surface area contributed by atoms with Gasteiger partial charge in [0.15, 0.2) is 5.78 Å². The van der Waals surface area contributed by atoms with E-state index in [1.807, 2.05) is 32.0 Å². The van der Waals surface area contributed by atoms with Crippen LogP contribution in [0.2, 0.25) is 5.02 Å². The monoisotopic (exact) mass is 291 g/mol. The van der Waals surface area contributed by atoms with Gasteiger partial charge in [-0.3, -0.25) is 4.79 Å². The Balaban J connectivity index is 2.01. The molecule has 2 aromatic rings. The van der Waals surface area contributed by atoms with Crippen molar-refractivity contribution in [2.75, 3.05) is 0 Å². The predicted octanol–water partition coefficient (Wildman–Crippen LogP) is 4.06. The Bertz CT molecular complexity index is 664. The maximum Gasteiger partial charge on any atom is 0.171 e. The second-order valence-corrected chi connectivity index (χ2v) is 6.12. The van der Waals surface area contributed by atoms with Crippen LogP contribution in [0.5, 0.6) is 0 Å². The number of aromatic amines is 1. The molecule has 0 spiro atoms. The van der Waals surface area contributed by atoms with Crippen LogP contribution in [0.1, 0.15) is 31.1 Å². The summed E-state index contributed by atoms with van der Waals surface area (Å²) in [6.07, 6.45) is 1.87. The molecule has 3 nitrogen and oxygen atoms in total. The van der Waals surface area contributed by atoms with E-state index in [4.69, 9.17) is 16.3 Å². The Labute approximate surface area is 123 Å². The summed E-state index contributed by atoms with van der Waals surface area (Å²) in [4.78, 5) is 16.0. The zero-order chi connectivity index (χ0) is 14.4. The molecule has 1 aromatic carbocycles. The largest absolute Gasteiger partial charge is 0.374 e. The highest BCUT2D eigenvalue weighted by molar-refractivity contribution is 6.31. The van der Waals surface area contributed by atoms with Gasteiger partial charge in [0, 0.05) is 27.7 Å². The van der Waals surface area contributed by atoms with Crippen LogP contribution < -0.4 is 0 Å². The molecule has 4 unspecified atom stereocenters. The fourth-order valence-corrected chi connectivity index (χ4v) is 3.37. The normalized spacial score (nSPS) is 30.0. The van der Waals surface area contributed by atoms with Crippen molar-refractivity contribution in [3.63, 3.8) is 0 Å². The summed E-state index contributed by atoms with van der Waals surface area (Å²) >= 11 is 5.98. The van der Waals surface area contributed by atoms with E-state index in [1.165, 1.54) is 0 Å². The molecule has 1 fully saturated rings. The van der Waals surface area contributed by atoms with Crippen LogP contribution in [-0.2, 0) is 4.74 Å². The molecular formula is C16H18ClNO2. The number of ether oxygens (including phenoxy) is 1. The van der Waals surface area contributed by atoms with E-state index in [0.717, 1.165) is 16.5 Å². The first-order valence-corrected chi connectivity index (χ1v) is 7.33. The van der Waals surface area contributed by atoms with E-state index in [1.54, 1.807) is 6.20 Å². The van der Waals surface area contributed by atoms with Gasteiger partial charge in [0.2, 0.25) is 0 Å². The summed E-state index contributed by atoms with van der Waals surface area (Å²) in [7, 11) is 0. The molecular weight excluding hydrogens is 274 g/mol. The third-order valence-electron chi connectivity index (χ3n) is 4.45. The van der Waals surface area contributed by atoms with Crippen molar-refractivity contribution in [2.45, 2.75) is 33.0 Å². The van der Waals surface area contributed by atoms with Crippen LogP contribution in [-0.4, -0.2) is 23.0 Å². The first kappa shape index (κ1) is 13.7. The molecule has 1 aliphatic rings. The first-order valence-electron chi connectivity index (χ1n) is 6.95. The lowest BCUT2D eigenvalue weighted by molar-refractivity contribution is 0.0491. The Hall–Kier alpha value is -1.32. The van der Waals surface area contributed by atoms with Gasteiger partial charge in [-0.1, -0.05) is 24.6 Å². The van der Waals surface area contributed by atoms with Gasteiger partial charge in [-0.25, -0.2) is 0 Å². The number of aromatic nitrogens is 1. The highest BCUT2D eigenvalue weighted by Gasteiger charge is 2.42. The summed E-state index contributed by atoms with van der Waals surface area (Å²) in [6.45, 7) is 6.10. The van der Waals surface area contributed by atoms with Gasteiger partial charge >= 0.3 is 0 Å². The number of halogens is 1. The number of fused-ring (bicyclic) bond motifs is 1. The Kier molecular flexibility index (Phi) is 3.35. The van der Waals surface area contributed by atoms with Gasteiger partial charge in [0.25, 0.3) is 0 Å². The lowest BCUT2D eigenvalue weighted by Crippen LogP contribution is -2.26. The number of carbonyl (C=O) groups is 1. The molecule has 20 heavy (non-hydrogen) atoms. The molecule has 1 saturated heterocycles. The minimum atomic E-state index is -0.0836. The molecule has 0 radical (unpaired) electrons. The van der Waals surface area contributed by atoms with Crippen molar-refractivity contribution in [1.82, 2.24) is 4.98 Å². The molecule has 1 aliphatic heterocycles. The van der Waals surface area contributed by atoms with E-state index in [2.05, 4.69) is 11.9 Å². The molecule has 0 amide bonds. The number of H-pyrrole nitrogens is 1. The van der Waals surface area contributed by atoms with Gasteiger partial charge in [0.1, 0.15) is 0 Å². The molecule has 1 aromatic heterocycles. The second kappa shape index (κ2) is 4.90. The van der Waals surface area contributed by atoms with Crippen molar-refractivity contribution in [2.24, 2.45) is 11.8 Å². The summed E-state index contributed by atoms with van der Waals surface area (Å²) in [5.41, 5.74) is 1.63. The van der Waals surface area contributed by atoms with E-state index in [-0.39, 0.29) is 29.8 Å². The van der Waals surface area contributed by atoms with Crippen LogP contribution >= 0.6 is 11.6 Å². The predicted molar refractivity (Wildman–Crippen MR) is 80.3 cm³/mol. The fourth-order valence-electron chi connectivity index (χ4n) is 3.20. The summed E-state index contributed by atoms with van der Waals surface area (Å²) in [5.74, 6) is 0.303. The van der Waals surface area contributed by atoms with Crippen LogP contribution in [0.15, 0.2) is 24.4 Å². The van der Waals surface area contributed by atoms with E-state index >= 15 is 0 Å². The number of hydrogen-bond acceptors (Lipinski definition) is 2. The Morgan fingerprint density at radius 3 is 2.65 bits per heavy atom. The van der Waals surface area contributed by atoms with E-state index < -0.39 is 0 Å². The Morgan fingerprint density at radius 2 is 2.00 bits per heavy atom. The summed E-state index contributed by atoms with van der Waals surface area (Å²) in [6, 6.07) is 5.55. The van der Waals surface area contributed by atoms with Crippen LogP contribution in [0, 0.1) is 11.8 Å². The lowest BCUT2D eigenvalue weighted by atomic mass is 9.83. The molecule has 1 N–H and O–H groups in total. The smallest absolute Gasteiger partial charge is 0.171 e. The number of carbonyl (C=O) groups excluding carboxylic acids is 1. The Morgan fingerprint density at radius 1 is 1.25 bits per heavy atom. The summed E-state index contributed by atoms with van der Waals surface area (Å²) < 4.78 is 5.78. The van der Waals surface area contributed by atoms with Gasteiger partial charge in [0.05, 0.1) is 18.1 Å². The standard InChI is InChI=1S/C16H18ClNO2/c1-8-9(2)20-10(3)15(8)16(19)13-7-18-14-6-11(17)4-5-12(13)14/h4-10,15,18H,1-3H3. The maximum absolute atomic E-state index is 12.8. The molecule has 106 valence electrons. The van der Waals surface area contributed by atoms with Crippen molar-refractivity contribution < 1.29 is 9.53 Å². The van der Waals surface area contributed by atoms with Gasteiger partial charge in [-0.2, -0.15) is 0 Å². The lowest BCUT2D eigenvalue weighted by Gasteiger charge is -2.16. The van der Waals surface area contributed by atoms with Gasteiger partial charge in [-0.05, 0) is 31.9 Å². The van der Waals surface area contributed by atoms with Crippen LogP contribution in [0.4, 0.5) is 0 Å². The van der Waals surface area contributed by atoms with Gasteiger partial charge < -0.3 is 9.72 Å². The van der Waals surface area contributed by atoms with Crippen LogP contribution in [0.25, 0.3) is 10.9 Å². The molecule has 0 bridgehead atoms. The first-order chi connectivity index (χ1) is 9.49. The summed E-state index contributed by atoms with van der Waals surface area (Å²) in [5, 5.41) is 1.59. The second-order valence-electron chi connectivity index (χ2n) is 5.69. The molecule has 4 atom stereocenters. The molecule has 0 saturated carbocycles. The van der Waals surface area contributed by atoms with E-state index in [9.17, 15) is 4.79 Å². The maximum atomic E-state index is 12.8. The molecule has 3 rings (SSSR count). The quantitative estimate of drug-likeness (QED) is 0.848. The van der Waals surface area contributed by atoms with E-state index in [0.29, 0.717) is 5.02 Å². The third kappa shape index (κ3) is 2.05. The molecule has 2 heterocycles. The van der Waals surface area contributed by atoms with Crippen molar-refractivity contribution in [3.05, 3.63) is 35.0 Å². The highest BCUT2D eigenvalue weighted by Crippen LogP contribution is 2.36. The third-order valence-corrected chi connectivity index (χ3v) is 4.69. The number of hydrogen-bond donors (Lipinski definition) is 1. The van der Waals surface area contributed by atoms with Crippen molar-refractivity contribution >= 4 is 28.3 Å². The number of benzene rings is 1. The number of nitrogens with one attached hydrogen (secondary N) is 1. The zero-order valence-electron chi connectivity index (χ0n) is 11.8.